The molecular formula is C15H23N3O3. The van der Waals surface area contributed by atoms with E-state index >= 15 is 0 Å². The van der Waals surface area contributed by atoms with E-state index in [4.69, 9.17) is 4.52 Å². The number of amides is 1. The lowest BCUT2D eigenvalue weighted by Crippen LogP contribution is -2.44. The van der Waals surface area contributed by atoms with Crippen LogP contribution in [0.15, 0.2) is 10.6 Å². The van der Waals surface area contributed by atoms with E-state index in [1.807, 2.05) is 13.0 Å². The first-order valence-corrected chi connectivity index (χ1v) is 7.75. The van der Waals surface area contributed by atoms with E-state index in [0.29, 0.717) is 6.04 Å². The van der Waals surface area contributed by atoms with E-state index in [1.165, 1.54) is 0 Å². The van der Waals surface area contributed by atoms with E-state index < -0.39 is 6.10 Å². The number of carbonyl (C=O) groups excluding carboxylic acids is 1. The van der Waals surface area contributed by atoms with Gasteiger partial charge in [0.25, 0.3) is 0 Å². The van der Waals surface area contributed by atoms with Crippen LogP contribution in [0.5, 0.6) is 0 Å². The minimum Gasteiger partial charge on any atom is -0.383 e. The van der Waals surface area contributed by atoms with Gasteiger partial charge in [0, 0.05) is 18.7 Å². The summed E-state index contributed by atoms with van der Waals surface area (Å²) in [4.78, 5) is 14.2. The number of nitrogens with one attached hydrogen (secondary N) is 1. The second-order valence-corrected chi connectivity index (χ2v) is 6.27. The zero-order valence-corrected chi connectivity index (χ0v) is 12.4. The summed E-state index contributed by atoms with van der Waals surface area (Å²) in [6.45, 7) is 4.42. The monoisotopic (exact) mass is 293 g/mol. The van der Waals surface area contributed by atoms with Gasteiger partial charge in [-0.15, -0.1) is 0 Å². The fourth-order valence-corrected chi connectivity index (χ4v) is 2.88. The molecule has 1 aromatic heterocycles. The minimum absolute atomic E-state index is 0.0686. The second-order valence-electron chi connectivity index (χ2n) is 6.27. The quantitative estimate of drug-likeness (QED) is 0.841. The Bertz CT molecular complexity index is 490. The first-order chi connectivity index (χ1) is 10.1. The molecule has 0 aromatic carbocycles. The Hall–Kier alpha value is -1.40. The van der Waals surface area contributed by atoms with Crippen LogP contribution < -0.4 is 5.32 Å². The van der Waals surface area contributed by atoms with Gasteiger partial charge in [-0.2, -0.15) is 0 Å². The Morgan fingerprint density at radius 2 is 2.19 bits per heavy atom. The predicted molar refractivity (Wildman–Crippen MR) is 76.4 cm³/mol. The number of aryl methyl sites for hydroxylation is 1. The van der Waals surface area contributed by atoms with Crippen LogP contribution in [0.1, 0.15) is 37.1 Å². The molecule has 0 spiro atoms. The van der Waals surface area contributed by atoms with Crippen LogP contribution in [0, 0.1) is 12.8 Å². The van der Waals surface area contributed by atoms with Gasteiger partial charge in [0.1, 0.15) is 11.9 Å². The van der Waals surface area contributed by atoms with Crippen LogP contribution in [0.2, 0.25) is 0 Å². The van der Waals surface area contributed by atoms with E-state index in [1.54, 1.807) is 0 Å². The zero-order chi connectivity index (χ0) is 14.8. The highest BCUT2D eigenvalue weighted by Gasteiger charge is 2.33. The highest BCUT2D eigenvalue weighted by atomic mass is 16.5. The number of nitrogens with zero attached hydrogens (tertiary/aromatic N) is 2. The third-order valence-electron chi connectivity index (χ3n) is 4.33. The van der Waals surface area contributed by atoms with E-state index in [-0.39, 0.29) is 11.8 Å². The third kappa shape index (κ3) is 3.83. The fraction of sp³-hybridized carbons (Fsp3) is 0.733. The van der Waals surface area contributed by atoms with Crippen molar-refractivity contribution in [2.45, 2.75) is 51.3 Å². The largest absolute Gasteiger partial charge is 0.383 e. The lowest BCUT2D eigenvalue weighted by atomic mass is 9.90. The maximum atomic E-state index is 11.9. The Morgan fingerprint density at radius 3 is 2.76 bits per heavy atom. The van der Waals surface area contributed by atoms with Gasteiger partial charge in [0.2, 0.25) is 5.91 Å². The molecule has 0 bridgehead atoms. The number of likely N-dealkylation sites (tertiary alicyclic amines) is 1. The summed E-state index contributed by atoms with van der Waals surface area (Å²) in [5, 5.41) is 17.0. The summed E-state index contributed by atoms with van der Waals surface area (Å²) in [6.07, 6.45) is 2.93. The molecule has 1 aromatic rings. The number of carbonyl (C=O) groups is 1. The van der Waals surface area contributed by atoms with Gasteiger partial charge in [-0.1, -0.05) is 5.16 Å². The number of hydrogen-bond donors (Lipinski definition) is 2. The smallest absolute Gasteiger partial charge is 0.249 e. The summed E-state index contributed by atoms with van der Waals surface area (Å²) in [5.74, 6) is 0.703. The molecule has 6 heteroatoms. The molecule has 0 radical (unpaired) electrons. The lowest BCUT2D eigenvalue weighted by Gasteiger charge is -2.33. The molecule has 2 heterocycles. The van der Waals surface area contributed by atoms with Crippen molar-refractivity contribution >= 4 is 5.91 Å². The molecule has 6 nitrogen and oxygen atoms in total. The van der Waals surface area contributed by atoms with Crippen molar-refractivity contribution in [2.75, 3.05) is 13.1 Å². The van der Waals surface area contributed by atoms with E-state index in [9.17, 15) is 9.90 Å². The van der Waals surface area contributed by atoms with Gasteiger partial charge < -0.3 is 14.9 Å². The minimum atomic E-state index is -0.859. The van der Waals surface area contributed by atoms with Gasteiger partial charge in [-0.25, -0.2) is 0 Å². The molecule has 1 saturated carbocycles. The van der Waals surface area contributed by atoms with Crippen molar-refractivity contribution in [3.63, 3.8) is 0 Å². The average molecular weight is 293 g/mol. The van der Waals surface area contributed by atoms with Crippen molar-refractivity contribution < 1.29 is 14.4 Å². The first kappa shape index (κ1) is 14.5. The van der Waals surface area contributed by atoms with Crippen LogP contribution in [-0.4, -0.2) is 46.3 Å². The van der Waals surface area contributed by atoms with Crippen LogP contribution in [0.4, 0.5) is 0 Å². The summed E-state index contributed by atoms with van der Waals surface area (Å²) < 4.78 is 5.07. The second kappa shape index (κ2) is 6.15. The SMILES string of the molecule is Cc1cc(CN2CCC(C(O)C(=O)NC3CC3)CC2)no1. The normalized spacial score (nSPS) is 22.2. The molecule has 3 rings (SSSR count). The Labute approximate surface area is 124 Å². The fourth-order valence-electron chi connectivity index (χ4n) is 2.88. The van der Waals surface area contributed by atoms with Gasteiger partial charge >= 0.3 is 0 Å². The van der Waals surface area contributed by atoms with Crippen molar-refractivity contribution in [1.82, 2.24) is 15.4 Å². The Morgan fingerprint density at radius 1 is 1.48 bits per heavy atom. The molecule has 2 fully saturated rings. The van der Waals surface area contributed by atoms with Crippen LogP contribution in [0.3, 0.4) is 0 Å². The van der Waals surface area contributed by atoms with Crippen LogP contribution in [-0.2, 0) is 11.3 Å². The zero-order valence-electron chi connectivity index (χ0n) is 12.4. The molecular weight excluding hydrogens is 270 g/mol. The summed E-state index contributed by atoms with van der Waals surface area (Å²) in [7, 11) is 0. The van der Waals surface area contributed by atoms with E-state index in [0.717, 1.165) is 56.8 Å². The summed E-state index contributed by atoms with van der Waals surface area (Å²) in [5.41, 5.74) is 0.943. The predicted octanol–water partition coefficient (Wildman–Crippen LogP) is 0.835. The van der Waals surface area contributed by atoms with E-state index in [2.05, 4.69) is 15.4 Å². The lowest BCUT2D eigenvalue weighted by molar-refractivity contribution is -0.133. The Kier molecular flexibility index (Phi) is 4.26. The molecule has 1 aliphatic carbocycles. The molecule has 1 saturated heterocycles. The van der Waals surface area contributed by atoms with Gasteiger partial charge in [0.15, 0.2) is 0 Å². The molecule has 1 aliphatic heterocycles. The number of aliphatic hydroxyl groups is 1. The molecule has 2 N–H and O–H groups in total. The molecule has 2 aliphatic rings. The van der Waals surface area contributed by atoms with Crippen LogP contribution in [0.25, 0.3) is 0 Å². The molecule has 1 unspecified atom stereocenters. The number of hydrogen-bond acceptors (Lipinski definition) is 5. The number of aromatic nitrogens is 1. The van der Waals surface area contributed by atoms with Crippen molar-refractivity contribution in [3.8, 4) is 0 Å². The third-order valence-corrected chi connectivity index (χ3v) is 4.33. The number of piperidine rings is 1. The standard InChI is InChI=1S/C15H23N3O3/c1-10-8-13(17-21-10)9-18-6-4-11(5-7-18)14(19)15(20)16-12-2-3-12/h8,11-12,14,19H,2-7,9H2,1H3,(H,16,20). The first-order valence-electron chi connectivity index (χ1n) is 7.75. The maximum absolute atomic E-state index is 11.9. The maximum Gasteiger partial charge on any atom is 0.249 e. The summed E-state index contributed by atoms with van der Waals surface area (Å²) >= 11 is 0. The molecule has 116 valence electrons. The van der Waals surface area contributed by atoms with Gasteiger partial charge in [0.05, 0.1) is 5.69 Å². The highest BCUT2D eigenvalue weighted by Crippen LogP contribution is 2.24. The number of aliphatic hydroxyl groups excluding tert-OH is 1. The number of rotatable bonds is 5. The van der Waals surface area contributed by atoms with Crippen LogP contribution >= 0.6 is 0 Å². The Balaban J connectivity index is 1.44. The topological polar surface area (TPSA) is 78.6 Å². The summed E-state index contributed by atoms with van der Waals surface area (Å²) in [6, 6.07) is 2.26. The van der Waals surface area contributed by atoms with Gasteiger partial charge in [-0.3, -0.25) is 9.69 Å². The highest BCUT2D eigenvalue weighted by molar-refractivity contribution is 5.81. The van der Waals surface area contributed by atoms with Crippen molar-refractivity contribution in [3.05, 3.63) is 17.5 Å². The molecule has 1 atom stereocenters. The van der Waals surface area contributed by atoms with Crippen molar-refractivity contribution in [2.24, 2.45) is 5.92 Å². The molecule has 21 heavy (non-hydrogen) atoms. The van der Waals surface area contributed by atoms with Crippen molar-refractivity contribution in [1.29, 1.82) is 0 Å². The van der Waals surface area contributed by atoms with Gasteiger partial charge in [-0.05, 0) is 51.6 Å². The molecule has 1 amide bonds. The average Bonchev–Trinajstić information content (AvgIpc) is 3.20.